The van der Waals surface area contributed by atoms with Crippen LogP contribution in [0.2, 0.25) is 0 Å². The number of alkyl halides is 1. The van der Waals surface area contributed by atoms with E-state index in [1.165, 1.54) is 5.57 Å². The molecule has 0 saturated heterocycles. The Morgan fingerprint density at radius 2 is 1.89 bits per heavy atom. The number of carbonyl (C=O) groups is 1. The van der Waals surface area contributed by atoms with E-state index in [0.717, 1.165) is 35.0 Å². The molecule has 0 saturated carbocycles. The van der Waals surface area contributed by atoms with Gasteiger partial charge in [0.25, 0.3) is 5.91 Å². The van der Waals surface area contributed by atoms with Crippen molar-refractivity contribution in [2.24, 2.45) is 0 Å². The molecule has 1 heterocycles. The monoisotopic (exact) mass is 369 g/mol. The molecular formula is C16H20INO. The fourth-order valence-electron chi connectivity index (χ4n) is 2.76. The van der Waals surface area contributed by atoms with Crippen molar-refractivity contribution in [3.8, 4) is 0 Å². The van der Waals surface area contributed by atoms with Gasteiger partial charge in [-0.1, -0.05) is 60.2 Å². The van der Waals surface area contributed by atoms with E-state index in [4.69, 9.17) is 0 Å². The summed E-state index contributed by atoms with van der Waals surface area (Å²) in [7, 11) is 0. The van der Waals surface area contributed by atoms with E-state index in [1.807, 2.05) is 35.2 Å². The van der Waals surface area contributed by atoms with Gasteiger partial charge in [-0.25, -0.2) is 0 Å². The summed E-state index contributed by atoms with van der Waals surface area (Å²) in [4.78, 5) is 14.8. The van der Waals surface area contributed by atoms with Crippen LogP contribution in [0, 0.1) is 0 Å². The number of halogens is 1. The molecule has 1 aliphatic rings. The highest BCUT2D eigenvalue weighted by Gasteiger charge is 2.32. The Bertz CT molecular complexity index is 481. The lowest BCUT2D eigenvalue weighted by atomic mass is 9.90. The third kappa shape index (κ3) is 2.86. The molecular weight excluding hydrogens is 349 g/mol. The second-order valence-corrected chi connectivity index (χ2v) is 5.69. The highest BCUT2D eigenvalue weighted by molar-refractivity contribution is 14.1. The minimum atomic E-state index is 0.207. The summed E-state index contributed by atoms with van der Waals surface area (Å²) in [6.07, 6.45) is 2.84. The van der Waals surface area contributed by atoms with Crippen LogP contribution in [0.4, 0.5) is 5.69 Å². The molecule has 2 rings (SSSR count). The summed E-state index contributed by atoms with van der Waals surface area (Å²) in [5.41, 5.74) is 3.39. The lowest BCUT2D eigenvalue weighted by molar-refractivity contribution is -0.116. The number of carbonyl (C=O) groups excluding carboxylic acids is 1. The van der Waals surface area contributed by atoms with Crippen molar-refractivity contribution in [1.82, 2.24) is 0 Å². The van der Waals surface area contributed by atoms with Crippen LogP contribution in [0.5, 0.6) is 0 Å². The van der Waals surface area contributed by atoms with Crippen LogP contribution in [0.1, 0.15) is 33.1 Å². The molecule has 19 heavy (non-hydrogen) atoms. The molecule has 0 radical (unpaired) electrons. The quantitative estimate of drug-likeness (QED) is 0.571. The summed E-state index contributed by atoms with van der Waals surface area (Å²) in [6.45, 7) is 4.23. The molecule has 1 aromatic carbocycles. The second-order valence-electron chi connectivity index (χ2n) is 4.81. The van der Waals surface area contributed by atoms with Gasteiger partial charge < -0.3 is 4.90 Å². The Labute approximate surface area is 129 Å². The van der Waals surface area contributed by atoms with Crippen molar-refractivity contribution in [3.63, 3.8) is 0 Å². The minimum absolute atomic E-state index is 0.207. The van der Waals surface area contributed by atoms with Crippen LogP contribution < -0.4 is 4.90 Å². The van der Waals surface area contributed by atoms with E-state index < -0.39 is 0 Å². The summed E-state index contributed by atoms with van der Waals surface area (Å²) >= 11 is 2.39. The topological polar surface area (TPSA) is 20.3 Å². The molecule has 0 aromatic heterocycles. The maximum Gasteiger partial charge on any atom is 0.254 e. The predicted octanol–water partition coefficient (Wildman–Crippen LogP) is 4.34. The number of amides is 1. The SMILES string of the molecule is CCC1=C(CC)C(=O)N(c2ccccc2)C(CI)C1. The fraction of sp³-hybridized carbons (Fsp3) is 0.438. The first-order chi connectivity index (χ1) is 9.22. The summed E-state index contributed by atoms with van der Waals surface area (Å²) in [5.74, 6) is 0.207. The fourth-order valence-corrected chi connectivity index (χ4v) is 3.47. The van der Waals surface area contributed by atoms with Gasteiger partial charge in [0.15, 0.2) is 0 Å². The zero-order valence-electron chi connectivity index (χ0n) is 11.5. The van der Waals surface area contributed by atoms with E-state index >= 15 is 0 Å². The highest BCUT2D eigenvalue weighted by atomic mass is 127. The molecule has 1 amide bonds. The molecule has 0 spiro atoms. The molecule has 0 aliphatic carbocycles. The van der Waals surface area contributed by atoms with Crippen LogP contribution in [0.25, 0.3) is 0 Å². The first kappa shape index (κ1) is 14.6. The first-order valence-corrected chi connectivity index (χ1v) is 8.40. The van der Waals surface area contributed by atoms with Gasteiger partial charge in [-0.05, 0) is 31.4 Å². The Morgan fingerprint density at radius 3 is 2.42 bits per heavy atom. The number of para-hydroxylation sites is 1. The third-order valence-corrected chi connectivity index (χ3v) is 4.76. The molecule has 0 fully saturated rings. The zero-order chi connectivity index (χ0) is 13.8. The van der Waals surface area contributed by atoms with Gasteiger partial charge in [0.05, 0.1) is 0 Å². The molecule has 102 valence electrons. The van der Waals surface area contributed by atoms with E-state index in [0.29, 0.717) is 6.04 Å². The van der Waals surface area contributed by atoms with Crippen LogP contribution in [0.3, 0.4) is 0 Å². The van der Waals surface area contributed by atoms with Gasteiger partial charge in [-0.2, -0.15) is 0 Å². The summed E-state index contributed by atoms with van der Waals surface area (Å²) in [6, 6.07) is 10.3. The number of nitrogens with zero attached hydrogens (tertiary/aromatic N) is 1. The number of anilines is 1. The van der Waals surface area contributed by atoms with Gasteiger partial charge in [-0.3, -0.25) is 4.79 Å². The van der Waals surface area contributed by atoms with Gasteiger partial charge >= 0.3 is 0 Å². The smallest absolute Gasteiger partial charge is 0.254 e. The lowest BCUT2D eigenvalue weighted by Crippen LogP contribution is -2.46. The summed E-state index contributed by atoms with van der Waals surface area (Å²) in [5, 5.41) is 0. The lowest BCUT2D eigenvalue weighted by Gasteiger charge is -2.37. The number of hydrogen-bond acceptors (Lipinski definition) is 1. The van der Waals surface area contributed by atoms with Crippen LogP contribution in [-0.2, 0) is 4.79 Å². The Hall–Kier alpha value is -0.840. The molecule has 0 N–H and O–H groups in total. The highest BCUT2D eigenvalue weighted by Crippen LogP contribution is 2.32. The Balaban J connectivity index is 2.43. The van der Waals surface area contributed by atoms with Crippen LogP contribution in [-0.4, -0.2) is 16.4 Å². The van der Waals surface area contributed by atoms with E-state index in [-0.39, 0.29) is 5.91 Å². The van der Waals surface area contributed by atoms with Crippen LogP contribution in [0.15, 0.2) is 41.5 Å². The van der Waals surface area contributed by atoms with Crippen molar-refractivity contribution in [2.45, 2.75) is 39.2 Å². The molecule has 0 bridgehead atoms. The first-order valence-electron chi connectivity index (χ1n) is 6.88. The molecule has 1 aliphatic heterocycles. The van der Waals surface area contributed by atoms with Crippen molar-refractivity contribution in [1.29, 1.82) is 0 Å². The molecule has 1 aromatic rings. The van der Waals surface area contributed by atoms with Crippen LogP contribution >= 0.6 is 22.6 Å². The van der Waals surface area contributed by atoms with E-state index in [1.54, 1.807) is 0 Å². The van der Waals surface area contributed by atoms with Gasteiger partial charge in [0.2, 0.25) is 0 Å². The number of benzene rings is 1. The van der Waals surface area contributed by atoms with Crippen molar-refractivity contribution in [2.75, 3.05) is 9.33 Å². The van der Waals surface area contributed by atoms with Gasteiger partial charge in [-0.15, -0.1) is 0 Å². The van der Waals surface area contributed by atoms with E-state index in [9.17, 15) is 4.79 Å². The minimum Gasteiger partial charge on any atom is -0.304 e. The molecule has 1 atom stereocenters. The van der Waals surface area contributed by atoms with Gasteiger partial charge in [0, 0.05) is 21.7 Å². The average molecular weight is 369 g/mol. The normalized spacial score (nSPS) is 20.1. The molecule has 3 heteroatoms. The van der Waals surface area contributed by atoms with Crippen molar-refractivity contribution in [3.05, 3.63) is 41.5 Å². The Kier molecular flexibility index (Phi) is 5.02. The summed E-state index contributed by atoms with van der Waals surface area (Å²) < 4.78 is 0.971. The number of hydrogen-bond donors (Lipinski definition) is 0. The van der Waals surface area contributed by atoms with Crippen molar-refractivity contribution >= 4 is 34.2 Å². The maximum absolute atomic E-state index is 12.8. The second kappa shape index (κ2) is 6.55. The largest absolute Gasteiger partial charge is 0.304 e. The Morgan fingerprint density at radius 1 is 1.21 bits per heavy atom. The average Bonchev–Trinajstić information content (AvgIpc) is 2.46. The standard InChI is InChI=1S/C16H20INO/c1-3-12-10-14(11-17)18(16(19)15(12)4-2)13-8-6-5-7-9-13/h5-9,14H,3-4,10-11H2,1-2H3. The third-order valence-electron chi connectivity index (χ3n) is 3.74. The molecule has 1 unspecified atom stereocenters. The zero-order valence-corrected chi connectivity index (χ0v) is 13.7. The maximum atomic E-state index is 12.8. The molecule has 2 nitrogen and oxygen atoms in total. The van der Waals surface area contributed by atoms with Gasteiger partial charge in [0.1, 0.15) is 0 Å². The number of rotatable bonds is 4. The predicted molar refractivity (Wildman–Crippen MR) is 88.8 cm³/mol. The van der Waals surface area contributed by atoms with Crippen molar-refractivity contribution < 1.29 is 4.79 Å². The van der Waals surface area contributed by atoms with E-state index in [2.05, 4.69) is 36.4 Å².